The monoisotopic (exact) mass is 323 g/mol. The molecular formula is C19H21N3O2. The first kappa shape index (κ1) is 15.2. The van der Waals surface area contributed by atoms with Gasteiger partial charge < -0.3 is 15.2 Å². The molecule has 2 aromatic heterocycles. The fraction of sp³-hybridized carbons (Fsp3) is 0.316. The molecule has 0 spiro atoms. The van der Waals surface area contributed by atoms with Crippen molar-refractivity contribution in [1.82, 2.24) is 9.55 Å². The highest BCUT2D eigenvalue weighted by molar-refractivity contribution is 5.80. The Bertz CT molecular complexity index is 916. The molecule has 1 aromatic carbocycles. The lowest BCUT2D eigenvalue weighted by atomic mass is 10.1. The number of aliphatic hydroxyl groups is 1. The number of aryl methyl sites for hydroxylation is 1. The maximum Gasteiger partial charge on any atom is 0.144 e. The van der Waals surface area contributed by atoms with Gasteiger partial charge in [0, 0.05) is 36.5 Å². The third kappa shape index (κ3) is 2.28. The SMILES string of the molecule is COC(C)c1cc2cccnc2n1-c1cc(C)c2c(c1)CC(O)N2. The fourth-order valence-corrected chi connectivity index (χ4v) is 3.51. The van der Waals surface area contributed by atoms with Crippen LogP contribution in [0.4, 0.5) is 5.69 Å². The summed E-state index contributed by atoms with van der Waals surface area (Å²) in [7, 11) is 1.72. The molecule has 124 valence electrons. The number of nitrogens with zero attached hydrogens (tertiary/aromatic N) is 2. The molecule has 24 heavy (non-hydrogen) atoms. The van der Waals surface area contributed by atoms with Crippen LogP contribution >= 0.6 is 0 Å². The second kappa shape index (κ2) is 5.61. The average molecular weight is 323 g/mol. The molecule has 3 heterocycles. The zero-order valence-electron chi connectivity index (χ0n) is 14.1. The van der Waals surface area contributed by atoms with E-state index in [9.17, 15) is 5.11 Å². The highest BCUT2D eigenvalue weighted by atomic mass is 16.5. The maximum atomic E-state index is 9.90. The van der Waals surface area contributed by atoms with Crippen LogP contribution in [0.15, 0.2) is 36.5 Å². The van der Waals surface area contributed by atoms with Gasteiger partial charge in [0.2, 0.25) is 0 Å². The summed E-state index contributed by atoms with van der Waals surface area (Å²) in [6, 6.07) is 10.4. The van der Waals surface area contributed by atoms with E-state index in [-0.39, 0.29) is 6.10 Å². The van der Waals surface area contributed by atoms with Gasteiger partial charge in [-0.2, -0.15) is 0 Å². The number of aliphatic hydroxyl groups excluding tert-OH is 1. The highest BCUT2D eigenvalue weighted by Crippen LogP contribution is 2.34. The van der Waals surface area contributed by atoms with Crippen LogP contribution in [0, 0.1) is 6.92 Å². The van der Waals surface area contributed by atoms with E-state index in [2.05, 4.69) is 46.1 Å². The molecule has 1 aliphatic heterocycles. The molecular weight excluding hydrogens is 302 g/mol. The van der Waals surface area contributed by atoms with Crippen LogP contribution in [0.5, 0.6) is 0 Å². The summed E-state index contributed by atoms with van der Waals surface area (Å²) in [6.07, 6.45) is 1.87. The van der Waals surface area contributed by atoms with Crippen molar-refractivity contribution in [2.24, 2.45) is 0 Å². The summed E-state index contributed by atoms with van der Waals surface area (Å²) < 4.78 is 7.72. The van der Waals surface area contributed by atoms with Crippen molar-refractivity contribution >= 4 is 16.7 Å². The van der Waals surface area contributed by atoms with Gasteiger partial charge in [-0.3, -0.25) is 4.57 Å². The molecule has 0 bridgehead atoms. The molecule has 0 amide bonds. The van der Waals surface area contributed by atoms with Crippen LogP contribution in [-0.4, -0.2) is 28.0 Å². The molecule has 0 saturated carbocycles. The van der Waals surface area contributed by atoms with Crippen LogP contribution in [0.2, 0.25) is 0 Å². The minimum absolute atomic E-state index is 0.0449. The summed E-state index contributed by atoms with van der Waals surface area (Å²) in [5.41, 5.74) is 6.32. The molecule has 2 unspecified atom stereocenters. The van der Waals surface area contributed by atoms with Gasteiger partial charge in [-0.15, -0.1) is 0 Å². The normalized spacial score (nSPS) is 17.8. The molecule has 0 radical (unpaired) electrons. The van der Waals surface area contributed by atoms with E-state index in [1.807, 2.05) is 19.2 Å². The second-order valence-corrected chi connectivity index (χ2v) is 6.36. The van der Waals surface area contributed by atoms with Gasteiger partial charge in [0.05, 0.1) is 11.8 Å². The number of methoxy groups -OCH3 is 1. The van der Waals surface area contributed by atoms with Crippen LogP contribution in [0.3, 0.4) is 0 Å². The van der Waals surface area contributed by atoms with E-state index in [1.54, 1.807) is 7.11 Å². The first-order valence-corrected chi connectivity index (χ1v) is 8.16. The molecule has 0 fully saturated rings. The number of aromatic nitrogens is 2. The molecule has 0 saturated heterocycles. The predicted molar refractivity (Wildman–Crippen MR) is 94.6 cm³/mol. The number of ether oxygens (including phenoxy) is 1. The van der Waals surface area contributed by atoms with Crippen molar-refractivity contribution in [2.75, 3.05) is 12.4 Å². The Morgan fingerprint density at radius 1 is 1.38 bits per heavy atom. The van der Waals surface area contributed by atoms with E-state index in [0.29, 0.717) is 6.42 Å². The van der Waals surface area contributed by atoms with E-state index in [0.717, 1.165) is 39.2 Å². The van der Waals surface area contributed by atoms with Gasteiger partial charge in [-0.1, -0.05) is 0 Å². The largest absolute Gasteiger partial charge is 0.376 e. The Morgan fingerprint density at radius 2 is 2.21 bits per heavy atom. The Kier molecular flexibility index (Phi) is 3.55. The molecule has 5 nitrogen and oxygen atoms in total. The number of pyridine rings is 1. The standard InChI is InChI=1S/C19H21N3O2/c1-11-7-15(8-14-10-17(23)21-18(11)14)22-16(12(2)24-3)9-13-5-4-6-20-19(13)22/h4-9,12,17,21,23H,10H2,1-3H3. The average Bonchev–Trinajstić information content (AvgIpc) is 3.14. The van der Waals surface area contributed by atoms with Crippen molar-refractivity contribution in [2.45, 2.75) is 32.6 Å². The Balaban J connectivity index is 1.97. The molecule has 5 heteroatoms. The summed E-state index contributed by atoms with van der Waals surface area (Å²) in [4.78, 5) is 4.58. The highest BCUT2D eigenvalue weighted by Gasteiger charge is 2.23. The third-order valence-electron chi connectivity index (χ3n) is 4.74. The van der Waals surface area contributed by atoms with E-state index < -0.39 is 6.23 Å². The number of rotatable bonds is 3. The van der Waals surface area contributed by atoms with Crippen LogP contribution in [-0.2, 0) is 11.2 Å². The molecule has 1 aliphatic rings. The second-order valence-electron chi connectivity index (χ2n) is 6.36. The van der Waals surface area contributed by atoms with Gasteiger partial charge in [0.1, 0.15) is 11.9 Å². The van der Waals surface area contributed by atoms with Crippen LogP contribution in [0.1, 0.15) is 29.8 Å². The number of nitrogens with one attached hydrogen (secondary N) is 1. The summed E-state index contributed by atoms with van der Waals surface area (Å²) >= 11 is 0. The Hall–Kier alpha value is -2.37. The summed E-state index contributed by atoms with van der Waals surface area (Å²) in [5.74, 6) is 0. The molecule has 0 aliphatic carbocycles. The number of anilines is 1. The first-order valence-electron chi connectivity index (χ1n) is 8.16. The minimum Gasteiger partial charge on any atom is -0.376 e. The van der Waals surface area contributed by atoms with Crippen molar-refractivity contribution in [3.05, 3.63) is 53.3 Å². The third-order valence-corrected chi connectivity index (χ3v) is 4.74. The van der Waals surface area contributed by atoms with Gasteiger partial charge in [-0.25, -0.2) is 4.98 Å². The van der Waals surface area contributed by atoms with Crippen molar-refractivity contribution < 1.29 is 9.84 Å². The molecule has 3 aromatic rings. The van der Waals surface area contributed by atoms with Gasteiger partial charge >= 0.3 is 0 Å². The van der Waals surface area contributed by atoms with Crippen molar-refractivity contribution in [3.63, 3.8) is 0 Å². The number of benzene rings is 1. The topological polar surface area (TPSA) is 59.3 Å². The first-order chi connectivity index (χ1) is 11.6. The van der Waals surface area contributed by atoms with E-state index in [1.165, 1.54) is 0 Å². The maximum absolute atomic E-state index is 9.90. The van der Waals surface area contributed by atoms with Crippen LogP contribution < -0.4 is 5.32 Å². The zero-order valence-corrected chi connectivity index (χ0v) is 14.1. The molecule has 4 rings (SSSR count). The lowest BCUT2D eigenvalue weighted by Gasteiger charge is -2.17. The summed E-state index contributed by atoms with van der Waals surface area (Å²) in [6.45, 7) is 4.10. The molecule has 2 N–H and O–H groups in total. The van der Waals surface area contributed by atoms with Gasteiger partial charge in [0.15, 0.2) is 0 Å². The lowest BCUT2D eigenvalue weighted by molar-refractivity contribution is 0.115. The summed E-state index contributed by atoms with van der Waals surface area (Å²) in [5, 5.41) is 14.1. The quantitative estimate of drug-likeness (QED) is 0.776. The van der Waals surface area contributed by atoms with Crippen LogP contribution in [0.25, 0.3) is 16.7 Å². The zero-order chi connectivity index (χ0) is 16.8. The minimum atomic E-state index is -0.508. The van der Waals surface area contributed by atoms with Crippen molar-refractivity contribution in [3.8, 4) is 5.69 Å². The fourth-order valence-electron chi connectivity index (χ4n) is 3.51. The number of hydrogen-bond donors (Lipinski definition) is 2. The van der Waals surface area contributed by atoms with E-state index >= 15 is 0 Å². The number of hydrogen-bond acceptors (Lipinski definition) is 4. The Morgan fingerprint density at radius 3 is 3.00 bits per heavy atom. The molecule has 2 atom stereocenters. The predicted octanol–water partition coefficient (Wildman–Crippen LogP) is 3.33. The van der Waals surface area contributed by atoms with Gasteiger partial charge in [0.25, 0.3) is 0 Å². The lowest BCUT2D eigenvalue weighted by Crippen LogP contribution is -2.13. The van der Waals surface area contributed by atoms with Gasteiger partial charge in [-0.05, 0) is 55.3 Å². The number of fused-ring (bicyclic) bond motifs is 2. The Labute approximate surface area is 140 Å². The van der Waals surface area contributed by atoms with E-state index in [4.69, 9.17) is 4.74 Å². The van der Waals surface area contributed by atoms with Crippen molar-refractivity contribution in [1.29, 1.82) is 0 Å². The smallest absolute Gasteiger partial charge is 0.144 e.